The van der Waals surface area contributed by atoms with Gasteiger partial charge in [-0.15, -0.1) is 0 Å². The van der Waals surface area contributed by atoms with Crippen molar-refractivity contribution in [2.75, 3.05) is 45.8 Å². The van der Waals surface area contributed by atoms with Gasteiger partial charge in [0.05, 0.1) is 0 Å². The first kappa shape index (κ1) is 25.0. The van der Waals surface area contributed by atoms with Crippen LogP contribution in [0.2, 0.25) is 0 Å². The number of piperidine rings is 1. The molecule has 0 aromatic carbocycles. The van der Waals surface area contributed by atoms with E-state index < -0.39 is 11.7 Å². The quantitative estimate of drug-likeness (QED) is 0.242. The molecule has 0 spiro atoms. The Balaban J connectivity index is 2.17. The molecular formula is C20H40N6O3. The van der Waals surface area contributed by atoms with Gasteiger partial charge in [0.25, 0.3) is 0 Å². The number of amides is 2. The molecule has 2 amide bonds. The molecule has 0 unspecified atom stereocenters. The number of carbonyl (C=O) groups is 2. The van der Waals surface area contributed by atoms with E-state index in [1.165, 1.54) is 0 Å². The van der Waals surface area contributed by atoms with E-state index >= 15 is 0 Å². The minimum atomic E-state index is -0.494. The van der Waals surface area contributed by atoms with Crippen molar-refractivity contribution in [3.05, 3.63) is 0 Å². The summed E-state index contributed by atoms with van der Waals surface area (Å²) in [6.07, 6.45) is 3.41. The van der Waals surface area contributed by atoms with Gasteiger partial charge in [0.15, 0.2) is 5.96 Å². The molecule has 1 saturated heterocycles. The van der Waals surface area contributed by atoms with Gasteiger partial charge < -0.3 is 31.3 Å². The number of primary amides is 1. The summed E-state index contributed by atoms with van der Waals surface area (Å²) in [7, 11) is 0. The summed E-state index contributed by atoms with van der Waals surface area (Å²) in [5.74, 6) is 0.638. The van der Waals surface area contributed by atoms with Gasteiger partial charge in [0.1, 0.15) is 5.60 Å². The van der Waals surface area contributed by atoms with Crippen LogP contribution in [0.5, 0.6) is 0 Å². The first-order valence-corrected chi connectivity index (χ1v) is 10.7. The normalized spacial score (nSPS) is 16.3. The van der Waals surface area contributed by atoms with Crippen LogP contribution in [0, 0.1) is 5.92 Å². The highest BCUT2D eigenvalue weighted by molar-refractivity contribution is 5.79. The van der Waals surface area contributed by atoms with Crippen molar-refractivity contribution in [1.29, 1.82) is 0 Å². The number of nitrogens with zero attached hydrogens (tertiary/aromatic N) is 2. The summed E-state index contributed by atoms with van der Waals surface area (Å²) in [6.45, 7) is 13.0. The van der Waals surface area contributed by atoms with E-state index in [-0.39, 0.29) is 11.8 Å². The largest absolute Gasteiger partial charge is 0.444 e. The number of rotatable bonds is 10. The van der Waals surface area contributed by atoms with E-state index in [1.54, 1.807) is 0 Å². The van der Waals surface area contributed by atoms with Gasteiger partial charge in [-0.25, -0.2) is 4.79 Å². The van der Waals surface area contributed by atoms with Crippen LogP contribution in [0.3, 0.4) is 0 Å². The zero-order valence-electron chi connectivity index (χ0n) is 18.6. The molecule has 29 heavy (non-hydrogen) atoms. The molecule has 0 atom stereocenters. The fraction of sp³-hybridized carbons (Fsp3) is 0.850. The fourth-order valence-electron chi connectivity index (χ4n) is 3.08. The minimum Gasteiger partial charge on any atom is -0.444 e. The Morgan fingerprint density at radius 3 is 2.34 bits per heavy atom. The van der Waals surface area contributed by atoms with Crippen molar-refractivity contribution in [3.63, 3.8) is 0 Å². The predicted molar refractivity (Wildman–Crippen MR) is 116 cm³/mol. The van der Waals surface area contributed by atoms with Crippen LogP contribution in [0.4, 0.5) is 4.79 Å². The van der Waals surface area contributed by atoms with Crippen LogP contribution in [-0.2, 0) is 9.53 Å². The lowest BCUT2D eigenvalue weighted by molar-refractivity contribution is -0.123. The predicted octanol–water partition coefficient (Wildman–Crippen LogP) is 1.04. The third-order valence-electron chi connectivity index (χ3n) is 4.57. The van der Waals surface area contributed by atoms with E-state index in [0.717, 1.165) is 64.4 Å². The summed E-state index contributed by atoms with van der Waals surface area (Å²) >= 11 is 0. The van der Waals surface area contributed by atoms with Gasteiger partial charge in [-0.1, -0.05) is 0 Å². The standard InChI is InChI=1S/C20H40N6O3/c1-5-22-18(24-11-12-25-19(28)29-20(2,3)4)23-10-6-7-13-26-14-8-16(9-15-26)17(21)27/h16H,5-15H2,1-4H3,(H2,21,27)(H,25,28)(H2,22,23,24). The molecule has 1 fully saturated rings. The van der Waals surface area contributed by atoms with Gasteiger partial charge in [-0.05, 0) is 73.0 Å². The van der Waals surface area contributed by atoms with Gasteiger partial charge in [0.2, 0.25) is 5.91 Å². The third kappa shape index (κ3) is 12.2. The molecule has 168 valence electrons. The number of likely N-dealkylation sites (tertiary alicyclic amines) is 1. The van der Waals surface area contributed by atoms with E-state index in [1.807, 2.05) is 27.7 Å². The topological polar surface area (TPSA) is 121 Å². The van der Waals surface area contributed by atoms with Crippen LogP contribution in [0.15, 0.2) is 4.99 Å². The van der Waals surface area contributed by atoms with E-state index in [9.17, 15) is 9.59 Å². The Morgan fingerprint density at radius 1 is 1.10 bits per heavy atom. The molecule has 0 aliphatic carbocycles. The molecule has 0 aromatic rings. The van der Waals surface area contributed by atoms with Crippen molar-refractivity contribution in [1.82, 2.24) is 20.9 Å². The van der Waals surface area contributed by atoms with Gasteiger partial charge in [-0.3, -0.25) is 9.79 Å². The van der Waals surface area contributed by atoms with Crippen LogP contribution in [0.1, 0.15) is 53.4 Å². The summed E-state index contributed by atoms with van der Waals surface area (Å²) in [6, 6.07) is 0. The van der Waals surface area contributed by atoms with Crippen LogP contribution >= 0.6 is 0 Å². The lowest BCUT2D eigenvalue weighted by Gasteiger charge is -2.30. The lowest BCUT2D eigenvalue weighted by Crippen LogP contribution is -2.42. The number of nitrogens with one attached hydrogen (secondary N) is 3. The third-order valence-corrected chi connectivity index (χ3v) is 4.57. The van der Waals surface area contributed by atoms with E-state index in [4.69, 9.17) is 10.5 Å². The number of ether oxygens (including phenoxy) is 1. The van der Waals surface area contributed by atoms with Crippen molar-refractivity contribution in [3.8, 4) is 0 Å². The number of unbranched alkanes of at least 4 members (excludes halogenated alkanes) is 1. The minimum absolute atomic E-state index is 0.0504. The highest BCUT2D eigenvalue weighted by Gasteiger charge is 2.22. The maximum atomic E-state index is 11.6. The lowest BCUT2D eigenvalue weighted by atomic mass is 9.96. The molecule has 1 aliphatic heterocycles. The molecular weight excluding hydrogens is 372 g/mol. The first-order chi connectivity index (χ1) is 13.7. The highest BCUT2D eigenvalue weighted by Crippen LogP contribution is 2.16. The SMILES string of the molecule is CCNC(=NCCCCN1CCC(C(N)=O)CC1)NCCNC(=O)OC(C)(C)C. The molecule has 0 radical (unpaired) electrons. The number of aliphatic imine (C=N–C) groups is 1. The smallest absolute Gasteiger partial charge is 0.407 e. The van der Waals surface area contributed by atoms with Crippen LogP contribution < -0.4 is 21.7 Å². The summed E-state index contributed by atoms with van der Waals surface area (Å²) in [4.78, 5) is 29.8. The molecule has 9 heteroatoms. The number of nitrogens with two attached hydrogens (primary N) is 1. The monoisotopic (exact) mass is 412 g/mol. The summed E-state index contributed by atoms with van der Waals surface area (Å²) in [5.41, 5.74) is 4.88. The zero-order chi connectivity index (χ0) is 21.7. The van der Waals surface area contributed by atoms with E-state index in [2.05, 4.69) is 25.8 Å². The van der Waals surface area contributed by atoms with Crippen LogP contribution in [-0.4, -0.2) is 74.3 Å². The number of alkyl carbamates (subject to hydrolysis) is 1. The second-order valence-corrected chi connectivity index (χ2v) is 8.34. The Morgan fingerprint density at radius 2 is 1.76 bits per heavy atom. The second-order valence-electron chi connectivity index (χ2n) is 8.34. The molecule has 1 aliphatic rings. The average molecular weight is 413 g/mol. The van der Waals surface area contributed by atoms with Gasteiger partial charge in [0, 0.05) is 32.1 Å². The highest BCUT2D eigenvalue weighted by atomic mass is 16.6. The molecule has 5 N–H and O–H groups in total. The van der Waals surface area contributed by atoms with Crippen molar-refractivity contribution in [2.24, 2.45) is 16.6 Å². The first-order valence-electron chi connectivity index (χ1n) is 10.7. The number of carbonyl (C=O) groups excluding carboxylic acids is 2. The Bertz CT molecular complexity index is 525. The summed E-state index contributed by atoms with van der Waals surface area (Å²) in [5, 5.41) is 9.13. The number of hydrogen-bond donors (Lipinski definition) is 4. The molecule has 1 heterocycles. The summed E-state index contributed by atoms with van der Waals surface area (Å²) < 4.78 is 5.20. The van der Waals surface area contributed by atoms with Crippen molar-refractivity contribution >= 4 is 18.0 Å². The Hall–Kier alpha value is -2.03. The molecule has 9 nitrogen and oxygen atoms in total. The molecule has 1 rings (SSSR count). The zero-order valence-corrected chi connectivity index (χ0v) is 18.6. The maximum Gasteiger partial charge on any atom is 0.407 e. The van der Waals surface area contributed by atoms with Gasteiger partial charge >= 0.3 is 6.09 Å². The maximum absolute atomic E-state index is 11.6. The molecule has 0 saturated carbocycles. The van der Waals surface area contributed by atoms with Crippen LogP contribution in [0.25, 0.3) is 0 Å². The number of hydrogen-bond acceptors (Lipinski definition) is 5. The molecule has 0 aromatic heterocycles. The average Bonchev–Trinajstić information content (AvgIpc) is 2.63. The van der Waals surface area contributed by atoms with E-state index in [0.29, 0.717) is 13.1 Å². The fourth-order valence-corrected chi connectivity index (χ4v) is 3.08. The van der Waals surface area contributed by atoms with Gasteiger partial charge in [-0.2, -0.15) is 0 Å². The Kier molecular flexibility index (Phi) is 11.4. The van der Waals surface area contributed by atoms with Crippen molar-refractivity contribution in [2.45, 2.75) is 59.0 Å². The number of guanidine groups is 1. The second kappa shape index (κ2) is 13.2. The molecule has 0 bridgehead atoms. The van der Waals surface area contributed by atoms with Crippen molar-refractivity contribution < 1.29 is 14.3 Å². The Labute approximate surface area is 175 Å².